The SMILES string of the molecule is CC1C(=O)NCC(=O)N1CC1CCCN(C)C1. The van der Waals surface area contributed by atoms with Crippen molar-refractivity contribution in [2.45, 2.75) is 25.8 Å². The van der Waals surface area contributed by atoms with Crippen molar-refractivity contribution in [2.24, 2.45) is 5.92 Å². The Kier molecular flexibility index (Phi) is 3.66. The van der Waals surface area contributed by atoms with E-state index < -0.39 is 0 Å². The summed E-state index contributed by atoms with van der Waals surface area (Å²) >= 11 is 0. The lowest BCUT2D eigenvalue weighted by atomic mass is 9.97. The van der Waals surface area contributed by atoms with E-state index in [-0.39, 0.29) is 24.4 Å². The summed E-state index contributed by atoms with van der Waals surface area (Å²) in [6, 6.07) is -0.316. The number of hydrogen-bond acceptors (Lipinski definition) is 3. The molecule has 0 aromatic heterocycles. The average molecular weight is 239 g/mol. The van der Waals surface area contributed by atoms with Crippen LogP contribution in [0.15, 0.2) is 0 Å². The molecular formula is C12H21N3O2. The van der Waals surface area contributed by atoms with E-state index in [1.165, 1.54) is 6.42 Å². The third kappa shape index (κ3) is 2.77. The number of hydrogen-bond donors (Lipinski definition) is 1. The van der Waals surface area contributed by atoms with Crippen LogP contribution in [0.5, 0.6) is 0 Å². The number of nitrogens with zero attached hydrogens (tertiary/aromatic N) is 2. The summed E-state index contributed by atoms with van der Waals surface area (Å²) in [5, 5.41) is 2.62. The van der Waals surface area contributed by atoms with Crippen LogP contribution in [-0.4, -0.2) is 60.9 Å². The highest BCUT2D eigenvalue weighted by molar-refractivity contribution is 5.94. The maximum atomic E-state index is 11.8. The van der Waals surface area contributed by atoms with Gasteiger partial charge in [-0.05, 0) is 39.3 Å². The molecule has 2 aliphatic heterocycles. The number of carbonyl (C=O) groups excluding carboxylic acids is 2. The van der Waals surface area contributed by atoms with Crippen molar-refractivity contribution < 1.29 is 9.59 Å². The Morgan fingerprint density at radius 3 is 2.88 bits per heavy atom. The molecule has 0 spiro atoms. The fourth-order valence-electron chi connectivity index (χ4n) is 2.73. The van der Waals surface area contributed by atoms with Gasteiger partial charge in [0.2, 0.25) is 11.8 Å². The first-order chi connectivity index (χ1) is 8.08. The van der Waals surface area contributed by atoms with Crippen LogP contribution < -0.4 is 5.32 Å². The van der Waals surface area contributed by atoms with Crippen molar-refractivity contribution in [3.63, 3.8) is 0 Å². The van der Waals surface area contributed by atoms with Gasteiger partial charge in [-0.15, -0.1) is 0 Å². The molecule has 2 fully saturated rings. The van der Waals surface area contributed by atoms with Gasteiger partial charge in [-0.3, -0.25) is 9.59 Å². The van der Waals surface area contributed by atoms with Crippen molar-refractivity contribution in [3.8, 4) is 0 Å². The smallest absolute Gasteiger partial charge is 0.242 e. The molecule has 1 N–H and O–H groups in total. The lowest BCUT2D eigenvalue weighted by Crippen LogP contribution is -2.58. The summed E-state index contributed by atoms with van der Waals surface area (Å²) in [7, 11) is 2.11. The second kappa shape index (κ2) is 5.04. The molecule has 2 rings (SSSR count). The Morgan fingerprint density at radius 1 is 1.41 bits per heavy atom. The van der Waals surface area contributed by atoms with Crippen LogP contribution in [0, 0.1) is 5.92 Å². The van der Waals surface area contributed by atoms with Gasteiger partial charge < -0.3 is 15.1 Å². The van der Waals surface area contributed by atoms with Crippen molar-refractivity contribution in [1.82, 2.24) is 15.1 Å². The third-order valence-electron chi connectivity index (χ3n) is 3.76. The highest BCUT2D eigenvalue weighted by atomic mass is 16.2. The van der Waals surface area contributed by atoms with E-state index in [1.54, 1.807) is 11.8 Å². The van der Waals surface area contributed by atoms with E-state index in [0.717, 1.165) is 26.1 Å². The first-order valence-corrected chi connectivity index (χ1v) is 6.33. The van der Waals surface area contributed by atoms with Gasteiger partial charge in [0.05, 0.1) is 6.54 Å². The molecule has 0 aromatic rings. The number of likely N-dealkylation sites (tertiary alicyclic amines) is 1. The second-order valence-corrected chi connectivity index (χ2v) is 5.21. The lowest BCUT2D eigenvalue weighted by Gasteiger charge is -2.38. The minimum absolute atomic E-state index is 0.0336. The summed E-state index contributed by atoms with van der Waals surface area (Å²) in [5.41, 5.74) is 0. The molecule has 0 saturated carbocycles. The summed E-state index contributed by atoms with van der Waals surface area (Å²) in [5.74, 6) is 0.519. The molecular weight excluding hydrogens is 218 g/mol. The zero-order valence-corrected chi connectivity index (χ0v) is 10.6. The topological polar surface area (TPSA) is 52.7 Å². The van der Waals surface area contributed by atoms with Gasteiger partial charge in [0.15, 0.2) is 0 Å². The molecule has 2 aliphatic rings. The number of amides is 2. The quantitative estimate of drug-likeness (QED) is 0.718. The largest absolute Gasteiger partial charge is 0.345 e. The summed E-state index contributed by atoms with van der Waals surface area (Å²) in [6.07, 6.45) is 2.34. The maximum absolute atomic E-state index is 11.8. The van der Waals surface area contributed by atoms with Crippen molar-refractivity contribution in [3.05, 3.63) is 0 Å². The molecule has 5 heteroatoms. The fraction of sp³-hybridized carbons (Fsp3) is 0.833. The summed E-state index contributed by atoms with van der Waals surface area (Å²) in [4.78, 5) is 27.4. The molecule has 5 nitrogen and oxygen atoms in total. The Bertz CT molecular complexity index is 319. The van der Waals surface area contributed by atoms with E-state index in [9.17, 15) is 9.59 Å². The third-order valence-corrected chi connectivity index (χ3v) is 3.76. The zero-order valence-electron chi connectivity index (χ0n) is 10.6. The molecule has 2 amide bonds. The number of nitrogens with one attached hydrogen (secondary N) is 1. The molecule has 0 radical (unpaired) electrons. The fourth-order valence-corrected chi connectivity index (χ4v) is 2.73. The van der Waals surface area contributed by atoms with E-state index in [4.69, 9.17) is 0 Å². The van der Waals surface area contributed by atoms with Crippen LogP contribution >= 0.6 is 0 Å². The highest BCUT2D eigenvalue weighted by Gasteiger charge is 2.33. The summed E-state index contributed by atoms with van der Waals surface area (Å²) in [6.45, 7) is 4.85. The molecule has 2 heterocycles. The Labute approximate surface area is 102 Å². The van der Waals surface area contributed by atoms with Crippen LogP contribution in [0.4, 0.5) is 0 Å². The van der Waals surface area contributed by atoms with Crippen molar-refractivity contribution in [2.75, 3.05) is 33.2 Å². The van der Waals surface area contributed by atoms with Gasteiger partial charge in [-0.25, -0.2) is 0 Å². The molecule has 17 heavy (non-hydrogen) atoms. The van der Waals surface area contributed by atoms with Crippen LogP contribution in [0.1, 0.15) is 19.8 Å². The molecule has 2 saturated heterocycles. The van der Waals surface area contributed by atoms with Gasteiger partial charge in [-0.1, -0.05) is 0 Å². The van der Waals surface area contributed by atoms with Gasteiger partial charge in [0.1, 0.15) is 6.04 Å². The van der Waals surface area contributed by atoms with Gasteiger partial charge in [-0.2, -0.15) is 0 Å². The number of rotatable bonds is 2. The molecule has 0 bridgehead atoms. The van der Waals surface area contributed by atoms with Gasteiger partial charge in [0, 0.05) is 13.1 Å². The van der Waals surface area contributed by atoms with Crippen LogP contribution in [0.2, 0.25) is 0 Å². The first kappa shape index (κ1) is 12.4. The monoisotopic (exact) mass is 239 g/mol. The minimum atomic E-state index is -0.316. The Hall–Kier alpha value is -1.10. The van der Waals surface area contributed by atoms with Crippen LogP contribution in [0.3, 0.4) is 0 Å². The standard InChI is InChI=1S/C12H21N3O2/c1-9-12(17)13-6-11(16)15(9)8-10-4-3-5-14(2)7-10/h9-10H,3-8H2,1-2H3,(H,13,17). The maximum Gasteiger partial charge on any atom is 0.242 e. The van der Waals surface area contributed by atoms with E-state index in [1.807, 2.05) is 0 Å². The van der Waals surface area contributed by atoms with Gasteiger partial charge in [0.25, 0.3) is 0 Å². The van der Waals surface area contributed by atoms with Crippen molar-refractivity contribution >= 4 is 11.8 Å². The highest BCUT2D eigenvalue weighted by Crippen LogP contribution is 2.18. The Morgan fingerprint density at radius 2 is 2.18 bits per heavy atom. The van der Waals surface area contributed by atoms with E-state index in [2.05, 4.69) is 17.3 Å². The molecule has 2 atom stereocenters. The Balaban J connectivity index is 1.96. The molecule has 0 aliphatic carbocycles. The van der Waals surface area contributed by atoms with Crippen LogP contribution in [0.25, 0.3) is 0 Å². The normalized spacial score (nSPS) is 31.5. The molecule has 96 valence electrons. The molecule has 2 unspecified atom stereocenters. The van der Waals surface area contributed by atoms with E-state index >= 15 is 0 Å². The second-order valence-electron chi connectivity index (χ2n) is 5.21. The average Bonchev–Trinajstić information content (AvgIpc) is 2.30. The summed E-state index contributed by atoms with van der Waals surface area (Å²) < 4.78 is 0. The van der Waals surface area contributed by atoms with Gasteiger partial charge >= 0.3 is 0 Å². The lowest BCUT2D eigenvalue weighted by molar-refractivity contribution is -0.145. The predicted octanol–water partition coefficient (Wildman–Crippen LogP) is -0.325. The van der Waals surface area contributed by atoms with Crippen molar-refractivity contribution in [1.29, 1.82) is 0 Å². The zero-order chi connectivity index (χ0) is 12.4. The van der Waals surface area contributed by atoms with Crippen LogP contribution in [-0.2, 0) is 9.59 Å². The number of piperidine rings is 1. The first-order valence-electron chi connectivity index (χ1n) is 6.33. The number of carbonyl (C=O) groups is 2. The predicted molar refractivity (Wildman–Crippen MR) is 64.4 cm³/mol. The minimum Gasteiger partial charge on any atom is -0.345 e. The number of piperazine rings is 1. The van der Waals surface area contributed by atoms with E-state index in [0.29, 0.717) is 5.92 Å². The molecule has 0 aromatic carbocycles.